The van der Waals surface area contributed by atoms with E-state index in [-0.39, 0.29) is 22.3 Å². The van der Waals surface area contributed by atoms with Crippen LogP contribution in [0, 0.1) is 40.4 Å². The summed E-state index contributed by atoms with van der Waals surface area (Å²) in [6, 6.07) is 1.65. The van der Waals surface area contributed by atoms with Crippen molar-refractivity contribution in [3.63, 3.8) is 0 Å². The highest BCUT2D eigenvalue weighted by atomic mass is 19.3. The molecule has 4 aliphatic carbocycles. The summed E-state index contributed by atoms with van der Waals surface area (Å²) in [4.78, 5) is 16.5. The molecule has 30 heavy (non-hydrogen) atoms. The van der Waals surface area contributed by atoms with Crippen molar-refractivity contribution in [2.45, 2.75) is 72.1 Å². The summed E-state index contributed by atoms with van der Waals surface area (Å²) in [6.45, 7) is 7.00. The first kappa shape index (κ1) is 20.3. The van der Waals surface area contributed by atoms with Crippen LogP contribution in [0.1, 0.15) is 83.3 Å². The first-order valence-corrected chi connectivity index (χ1v) is 11.7. The van der Waals surface area contributed by atoms with E-state index in [4.69, 9.17) is 0 Å². The van der Waals surface area contributed by atoms with Gasteiger partial charge in [-0.15, -0.1) is 0 Å². The topological polar surface area (TPSA) is 30.0 Å². The molecule has 2 nitrogen and oxygen atoms in total. The summed E-state index contributed by atoms with van der Waals surface area (Å²) in [6.07, 6.45) is 10.4. The van der Waals surface area contributed by atoms with E-state index in [1.54, 1.807) is 12.3 Å². The molecule has 0 aliphatic heterocycles. The van der Waals surface area contributed by atoms with Gasteiger partial charge in [0.2, 0.25) is 0 Å². The number of allylic oxidation sites excluding steroid dienone is 2. The molecule has 0 saturated heterocycles. The maximum absolute atomic E-state index is 13.3. The monoisotopic (exact) mass is 413 g/mol. The minimum atomic E-state index is -2.48. The summed E-state index contributed by atoms with van der Waals surface area (Å²) in [5.74, 6) is 3.14. The van der Waals surface area contributed by atoms with Gasteiger partial charge in [0.1, 0.15) is 5.78 Å². The molecule has 7 atom stereocenters. The van der Waals surface area contributed by atoms with E-state index in [2.05, 4.69) is 31.8 Å². The number of rotatable bonds is 2. The van der Waals surface area contributed by atoms with Crippen molar-refractivity contribution < 1.29 is 13.6 Å². The Kier molecular flexibility index (Phi) is 4.72. The molecular weight excluding hydrogens is 380 g/mol. The first-order chi connectivity index (χ1) is 14.3. The minimum Gasteiger partial charge on any atom is -0.299 e. The highest BCUT2D eigenvalue weighted by Gasteiger charge is 2.59. The number of alkyl halides is 2. The van der Waals surface area contributed by atoms with Gasteiger partial charge in [0.25, 0.3) is 6.43 Å². The average molecular weight is 414 g/mol. The number of fused-ring (bicyclic) bond motifs is 5. The second kappa shape index (κ2) is 6.97. The van der Waals surface area contributed by atoms with Gasteiger partial charge in [-0.1, -0.05) is 26.8 Å². The third kappa shape index (κ3) is 2.78. The second-order valence-corrected chi connectivity index (χ2v) is 10.9. The summed E-state index contributed by atoms with van der Waals surface area (Å²) in [5.41, 5.74) is 2.46. The number of Topliss-reactive ketones (excluding diaryl/α,β-unsaturated/α-hetero) is 1. The predicted octanol–water partition coefficient (Wildman–Crippen LogP) is 6.87. The Balaban J connectivity index is 1.44. The Labute approximate surface area is 178 Å². The Morgan fingerprint density at radius 2 is 1.87 bits per heavy atom. The molecular formula is C26H33F2NO. The van der Waals surface area contributed by atoms with Gasteiger partial charge in [-0.05, 0) is 90.2 Å². The summed E-state index contributed by atoms with van der Waals surface area (Å²) >= 11 is 0. The molecule has 0 radical (unpaired) electrons. The van der Waals surface area contributed by atoms with Crippen LogP contribution in [0.5, 0.6) is 0 Å². The van der Waals surface area contributed by atoms with Gasteiger partial charge >= 0.3 is 0 Å². The smallest absolute Gasteiger partial charge is 0.265 e. The number of nitrogens with zero attached hydrogens (tertiary/aromatic N) is 1. The predicted molar refractivity (Wildman–Crippen MR) is 114 cm³/mol. The number of pyridine rings is 1. The van der Waals surface area contributed by atoms with Crippen LogP contribution in [0.4, 0.5) is 8.78 Å². The van der Waals surface area contributed by atoms with E-state index in [9.17, 15) is 13.6 Å². The third-order valence-electron chi connectivity index (χ3n) is 9.87. The molecule has 0 bridgehead atoms. The average Bonchev–Trinajstić information content (AvgIpc) is 3.08. The number of halogens is 2. The minimum absolute atomic E-state index is 0.0167. The second-order valence-electron chi connectivity index (χ2n) is 10.9. The van der Waals surface area contributed by atoms with Crippen molar-refractivity contribution in [1.82, 2.24) is 4.98 Å². The van der Waals surface area contributed by atoms with Gasteiger partial charge < -0.3 is 0 Å². The molecule has 0 aromatic carbocycles. The lowest BCUT2D eigenvalue weighted by Crippen LogP contribution is -2.55. The van der Waals surface area contributed by atoms with E-state index in [0.29, 0.717) is 29.5 Å². The number of ketones is 1. The normalized spacial score (nSPS) is 43.1. The molecule has 0 N–H and O–H groups in total. The standard InChI is InChI=1S/C26H33F2NO/c1-15-19-5-4-18-21-7-6-20(16-12-17(24(27)28)14-29-13-16)26(21,3)10-8-22(18)25(19,2)11-9-23(15)30/h6,12-15,18-19,21-22,24H,4-5,7-11H2,1-3H3/t15?,18-,19?,21-,22-,25-,26+/m0/s1. The lowest BCUT2D eigenvalue weighted by molar-refractivity contribution is -0.146. The van der Waals surface area contributed by atoms with Crippen LogP contribution in [-0.2, 0) is 4.79 Å². The zero-order valence-electron chi connectivity index (χ0n) is 18.3. The zero-order chi connectivity index (χ0) is 21.3. The van der Waals surface area contributed by atoms with Crippen molar-refractivity contribution in [3.8, 4) is 0 Å². The largest absolute Gasteiger partial charge is 0.299 e. The van der Waals surface area contributed by atoms with Crippen molar-refractivity contribution in [2.75, 3.05) is 0 Å². The Hall–Kier alpha value is -1.58. The highest BCUT2D eigenvalue weighted by Crippen LogP contribution is 2.67. The van der Waals surface area contributed by atoms with Crippen LogP contribution in [0.15, 0.2) is 24.5 Å². The molecule has 5 rings (SSSR count). The molecule has 1 aromatic heterocycles. The van der Waals surface area contributed by atoms with Gasteiger partial charge in [-0.25, -0.2) is 8.78 Å². The van der Waals surface area contributed by atoms with E-state index in [0.717, 1.165) is 37.7 Å². The first-order valence-electron chi connectivity index (χ1n) is 11.7. The van der Waals surface area contributed by atoms with Gasteiger partial charge in [0.15, 0.2) is 0 Å². The van der Waals surface area contributed by atoms with Gasteiger partial charge in [0.05, 0.1) is 0 Å². The molecule has 1 aromatic rings. The maximum Gasteiger partial charge on any atom is 0.265 e. The maximum atomic E-state index is 13.3. The quantitative estimate of drug-likeness (QED) is 0.529. The molecule has 4 heteroatoms. The summed E-state index contributed by atoms with van der Waals surface area (Å²) < 4.78 is 26.5. The zero-order valence-corrected chi connectivity index (χ0v) is 18.3. The van der Waals surface area contributed by atoms with Crippen molar-refractivity contribution in [3.05, 3.63) is 35.7 Å². The molecule has 3 fully saturated rings. The van der Waals surface area contributed by atoms with E-state index in [1.165, 1.54) is 24.6 Å². The van der Waals surface area contributed by atoms with Gasteiger partial charge in [0, 0.05) is 30.3 Å². The van der Waals surface area contributed by atoms with E-state index < -0.39 is 6.43 Å². The molecule has 162 valence electrons. The van der Waals surface area contributed by atoms with Crippen molar-refractivity contribution in [1.29, 1.82) is 0 Å². The molecule has 0 amide bonds. The Bertz CT molecular complexity index is 895. The van der Waals surface area contributed by atoms with Crippen LogP contribution in [-0.4, -0.2) is 10.8 Å². The number of aromatic nitrogens is 1. The molecule has 0 spiro atoms. The van der Waals surface area contributed by atoms with E-state index in [1.807, 2.05) is 0 Å². The van der Waals surface area contributed by atoms with Crippen molar-refractivity contribution >= 4 is 11.4 Å². The summed E-state index contributed by atoms with van der Waals surface area (Å²) in [7, 11) is 0. The number of carbonyl (C=O) groups excluding carboxylic acids is 1. The van der Waals surface area contributed by atoms with Gasteiger partial charge in [-0.2, -0.15) is 0 Å². The number of carbonyl (C=O) groups is 1. The fourth-order valence-corrected chi connectivity index (χ4v) is 8.26. The third-order valence-corrected chi connectivity index (χ3v) is 9.87. The number of hydrogen-bond donors (Lipinski definition) is 0. The number of hydrogen-bond acceptors (Lipinski definition) is 2. The molecule has 3 saturated carbocycles. The molecule has 1 heterocycles. The van der Waals surface area contributed by atoms with Crippen LogP contribution < -0.4 is 0 Å². The lowest BCUT2D eigenvalue weighted by atomic mass is 9.43. The van der Waals surface area contributed by atoms with Crippen LogP contribution >= 0.6 is 0 Å². The summed E-state index contributed by atoms with van der Waals surface area (Å²) in [5, 5.41) is 0. The van der Waals surface area contributed by atoms with Crippen molar-refractivity contribution in [2.24, 2.45) is 40.4 Å². The molecule has 4 aliphatic rings. The van der Waals surface area contributed by atoms with Crippen LogP contribution in [0.25, 0.3) is 5.57 Å². The highest BCUT2D eigenvalue weighted by molar-refractivity contribution is 5.82. The van der Waals surface area contributed by atoms with Crippen LogP contribution in [0.2, 0.25) is 0 Å². The van der Waals surface area contributed by atoms with Gasteiger partial charge in [-0.3, -0.25) is 9.78 Å². The van der Waals surface area contributed by atoms with Crippen LogP contribution in [0.3, 0.4) is 0 Å². The van der Waals surface area contributed by atoms with E-state index >= 15 is 0 Å². The fraction of sp³-hybridized carbons (Fsp3) is 0.692. The SMILES string of the molecule is CC1C(=O)CC[C@@]2(C)C1CC[C@@H]1[C@@H]2CC[C@]2(C)C(c3cncc(C(F)F)c3)=CC[C@@H]12. The lowest BCUT2D eigenvalue weighted by Gasteiger charge is -2.61. The Morgan fingerprint density at radius 3 is 2.63 bits per heavy atom. The molecule has 2 unspecified atom stereocenters. The Morgan fingerprint density at radius 1 is 1.07 bits per heavy atom. The fourth-order valence-electron chi connectivity index (χ4n) is 8.26.